The molecule has 2 aromatic rings. The van der Waals surface area contributed by atoms with Gasteiger partial charge >= 0.3 is 0 Å². The van der Waals surface area contributed by atoms with Crippen molar-refractivity contribution >= 4 is 51.4 Å². The van der Waals surface area contributed by atoms with Crippen LogP contribution in [0.1, 0.15) is 38.1 Å². The lowest BCUT2D eigenvalue weighted by Crippen LogP contribution is -2.30. The van der Waals surface area contributed by atoms with Crippen molar-refractivity contribution in [3.05, 3.63) is 49.8 Å². The lowest BCUT2D eigenvalue weighted by Gasteiger charge is -2.25. The summed E-state index contributed by atoms with van der Waals surface area (Å²) in [5.41, 5.74) is 7.17. The molecule has 2 amide bonds. The molecule has 0 saturated carbocycles. The van der Waals surface area contributed by atoms with E-state index in [1.54, 1.807) is 12.1 Å². The van der Waals surface area contributed by atoms with Gasteiger partial charge < -0.3 is 11.1 Å². The number of fused-ring (bicyclic) bond motifs is 1. The van der Waals surface area contributed by atoms with Gasteiger partial charge in [0.05, 0.1) is 16.1 Å². The molecule has 1 aromatic carbocycles. The molecule has 0 fully saturated rings. The third-order valence-corrected chi connectivity index (χ3v) is 5.93. The molecule has 3 rings (SSSR count). The van der Waals surface area contributed by atoms with Gasteiger partial charge in [0, 0.05) is 23.0 Å². The molecule has 0 saturated heterocycles. The first-order valence-electron chi connectivity index (χ1n) is 7.83. The molecule has 0 bridgehead atoms. The quantitative estimate of drug-likeness (QED) is 0.823. The Morgan fingerprint density at radius 3 is 2.80 bits per heavy atom. The van der Waals surface area contributed by atoms with E-state index in [0.717, 1.165) is 36.5 Å². The molecule has 1 aliphatic heterocycles. The van der Waals surface area contributed by atoms with Gasteiger partial charge in [0.2, 0.25) is 0 Å². The monoisotopic (exact) mass is 397 g/mol. The van der Waals surface area contributed by atoms with E-state index < -0.39 is 11.8 Å². The fourth-order valence-corrected chi connectivity index (χ4v) is 4.58. The number of halogens is 2. The molecule has 0 aliphatic carbocycles. The number of benzene rings is 1. The molecule has 0 unspecified atom stereocenters. The minimum absolute atomic E-state index is 0.256. The molecule has 132 valence electrons. The summed E-state index contributed by atoms with van der Waals surface area (Å²) in [4.78, 5) is 27.9. The fraction of sp³-hybridized carbons (Fsp3) is 0.294. The number of likely N-dealkylation sites (N-methyl/N-ethyl adjacent to an activating group) is 1. The van der Waals surface area contributed by atoms with E-state index in [4.69, 9.17) is 28.9 Å². The maximum Gasteiger partial charge on any atom is 0.257 e. The van der Waals surface area contributed by atoms with Crippen LogP contribution in [0.3, 0.4) is 0 Å². The third-order valence-electron chi connectivity index (χ3n) is 4.23. The van der Waals surface area contributed by atoms with Crippen LogP contribution in [-0.4, -0.2) is 29.8 Å². The summed E-state index contributed by atoms with van der Waals surface area (Å²) in [6.07, 6.45) is 0.742. The predicted octanol–water partition coefficient (Wildman–Crippen LogP) is 3.78. The smallest absolute Gasteiger partial charge is 0.257 e. The van der Waals surface area contributed by atoms with Crippen LogP contribution in [0.2, 0.25) is 10.0 Å². The van der Waals surface area contributed by atoms with Crippen LogP contribution < -0.4 is 11.1 Å². The van der Waals surface area contributed by atoms with Crippen LogP contribution in [0.4, 0.5) is 5.00 Å². The Balaban J connectivity index is 1.95. The lowest BCUT2D eigenvalue weighted by atomic mass is 10.0. The Kier molecular flexibility index (Phi) is 5.34. The summed E-state index contributed by atoms with van der Waals surface area (Å²) >= 11 is 13.4. The van der Waals surface area contributed by atoms with Crippen LogP contribution in [0.25, 0.3) is 0 Å². The minimum Gasteiger partial charge on any atom is -0.365 e. The highest BCUT2D eigenvalue weighted by Crippen LogP contribution is 2.37. The van der Waals surface area contributed by atoms with Crippen molar-refractivity contribution < 1.29 is 9.59 Å². The van der Waals surface area contributed by atoms with Gasteiger partial charge in [0.1, 0.15) is 5.00 Å². The number of nitrogens with zero attached hydrogens (tertiary/aromatic N) is 1. The van der Waals surface area contributed by atoms with Crippen LogP contribution in [-0.2, 0) is 13.0 Å². The number of primary amides is 1. The van der Waals surface area contributed by atoms with E-state index in [1.807, 2.05) is 0 Å². The molecule has 5 nitrogen and oxygen atoms in total. The summed E-state index contributed by atoms with van der Waals surface area (Å²) in [6.45, 7) is 4.65. The number of carbonyl (C=O) groups excluding carboxylic acids is 2. The average Bonchev–Trinajstić information content (AvgIpc) is 2.93. The average molecular weight is 398 g/mol. The summed E-state index contributed by atoms with van der Waals surface area (Å²) < 4.78 is 0. The fourth-order valence-electron chi connectivity index (χ4n) is 2.92. The zero-order valence-corrected chi connectivity index (χ0v) is 15.9. The highest BCUT2D eigenvalue weighted by molar-refractivity contribution is 7.17. The van der Waals surface area contributed by atoms with Crippen LogP contribution in [0.5, 0.6) is 0 Å². The second-order valence-electron chi connectivity index (χ2n) is 5.77. The summed E-state index contributed by atoms with van der Waals surface area (Å²) in [7, 11) is 0. The van der Waals surface area contributed by atoms with Gasteiger partial charge in [0.15, 0.2) is 0 Å². The molecule has 0 radical (unpaired) electrons. The number of carbonyl (C=O) groups is 2. The van der Waals surface area contributed by atoms with Gasteiger partial charge in [-0.3, -0.25) is 14.5 Å². The third kappa shape index (κ3) is 3.67. The number of anilines is 1. The standard InChI is InChI=1S/C17H17Cl2N3O2S/c1-2-22-6-5-10-13(8-22)25-17(14(10)15(20)23)21-16(24)11-7-9(18)3-4-12(11)19/h3-4,7H,2,5-6,8H2,1H3,(H2,20,23)(H,21,24). The van der Waals surface area contributed by atoms with E-state index in [0.29, 0.717) is 20.6 Å². The number of rotatable bonds is 4. The Morgan fingerprint density at radius 1 is 1.36 bits per heavy atom. The first-order valence-corrected chi connectivity index (χ1v) is 9.41. The molecule has 0 atom stereocenters. The zero-order chi connectivity index (χ0) is 18.1. The van der Waals surface area contributed by atoms with Crippen molar-refractivity contribution in [3.63, 3.8) is 0 Å². The molecule has 1 aromatic heterocycles. The van der Waals surface area contributed by atoms with Crippen molar-refractivity contribution in [1.29, 1.82) is 0 Å². The second-order valence-corrected chi connectivity index (χ2v) is 7.72. The van der Waals surface area contributed by atoms with Crippen molar-refractivity contribution in [1.82, 2.24) is 4.90 Å². The van der Waals surface area contributed by atoms with E-state index in [2.05, 4.69) is 17.1 Å². The summed E-state index contributed by atoms with van der Waals surface area (Å²) in [5, 5.41) is 3.96. The van der Waals surface area contributed by atoms with Crippen molar-refractivity contribution in [3.8, 4) is 0 Å². The van der Waals surface area contributed by atoms with Gasteiger partial charge in [-0.05, 0) is 36.7 Å². The van der Waals surface area contributed by atoms with E-state index >= 15 is 0 Å². The highest BCUT2D eigenvalue weighted by atomic mass is 35.5. The molecule has 25 heavy (non-hydrogen) atoms. The molecule has 3 N–H and O–H groups in total. The largest absolute Gasteiger partial charge is 0.365 e. The molecular weight excluding hydrogens is 381 g/mol. The Bertz CT molecular complexity index is 851. The SMILES string of the molecule is CCN1CCc2c(sc(NC(=O)c3cc(Cl)ccc3Cl)c2C(N)=O)C1. The van der Waals surface area contributed by atoms with Gasteiger partial charge in [-0.15, -0.1) is 11.3 Å². The van der Waals surface area contributed by atoms with Crippen molar-refractivity contribution in [2.24, 2.45) is 5.73 Å². The van der Waals surface area contributed by atoms with E-state index in [9.17, 15) is 9.59 Å². The number of nitrogens with two attached hydrogens (primary N) is 1. The Morgan fingerprint density at radius 2 is 2.12 bits per heavy atom. The minimum atomic E-state index is -0.532. The van der Waals surface area contributed by atoms with Gasteiger partial charge in [-0.25, -0.2) is 0 Å². The number of hydrogen-bond acceptors (Lipinski definition) is 4. The summed E-state index contributed by atoms with van der Waals surface area (Å²) in [6, 6.07) is 4.67. The number of thiophene rings is 1. The van der Waals surface area contributed by atoms with Gasteiger partial charge in [0.25, 0.3) is 11.8 Å². The maximum atomic E-state index is 12.6. The normalized spacial score (nSPS) is 14.2. The maximum absolute atomic E-state index is 12.6. The zero-order valence-electron chi connectivity index (χ0n) is 13.6. The molecular formula is C17H17Cl2N3O2S. The van der Waals surface area contributed by atoms with E-state index in [1.165, 1.54) is 17.4 Å². The highest BCUT2D eigenvalue weighted by Gasteiger charge is 2.27. The first-order chi connectivity index (χ1) is 11.9. The number of amides is 2. The lowest BCUT2D eigenvalue weighted by molar-refractivity contribution is 0.1000. The number of nitrogens with one attached hydrogen (secondary N) is 1. The molecule has 2 heterocycles. The van der Waals surface area contributed by atoms with E-state index in [-0.39, 0.29) is 5.56 Å². The molecule has 1 aliphatic rings. The molecule has 0 spiro atoms. The Hall–Kier alpha value is -1.60. The second kappa shape index (κ2) is 7.33. The van der Waals surface area contributed by atoms with Crippen molar-refractivity contribution in [2.75, 3.05) is 18.4 Å². The number of hydrogen-bond donors (Lipinski definition) is 2. The summed E-state index contributed by atoms with van der Waals surface area (Å²) in [5.74, 6) is -0.948. The van der Waals surface area contributed by atoms with Gasteiger partial charge in [-0.1, -0.05) is 30.1 Å². The first kappa shape index (κ1) is 18.2. The van der Waals surface area contributed by atoms with Crippen LogP contribution >= 0.6 is 34.5 Å². The topological polar surface area (TPSA) is 75.4 Å². The molecule has 8 heteroatoms. The van der Waals surface area contributed by atoms with Gasteiger partial charge in [-0.2, -0.15) is 0 Å². The van der Waals surface area contributed by atoms with Crippen LogP contribution in [0.15, 0.2) is 18.2 Å². The van der Waals surface area contributed by atoms with Crippen molar-refractivity contribution in [2.45, 2.75) is 19.9 Å². The predicted molar refractivity (Wildman–Crippen MR) is 102 cm³/mol. The Labute approximate surface area is 159 Å². The van der Waals surface area contributed by atoms with Crippen LogP contribution in [0, 0.1) is 0 Å².